The molecular formula is C28H23ClN6O3. The number of rotatable bonds is 6. The van der Waals surface area contributed by atoms with Crippen LogP contribution in [0.5, 0.6) is 0 Å². The fourth-order valence-electron chi connectivity index (χ4n) is 4.38. The molecule has 0 saturated heterocycles. The first-order chi connectivity index (χ1) is 18.2. The highest BCUT2D eigenvalue weighted by atomic mass is 35.5. The molecule has 5 aromatic rings. The van der Waals surface area contributed by atoms with E-state index in [4.69, 9.17) is 16.6 Å². The topological polar surface area (TPSA) is 123 Å². The summed E-state index contributed by atoms with van der Waals surface area (Å²) in [6, 6.07) is 15.8. The second-order valence-electron chi connectivity index (χ2n) is 8.90. The molecule has 3 aromatic heterocycles. The summed E-state index contributed by atoms with van der Waals surface area (Å²) in [6.45, 7) is 3.78. The molecule has 1 atom stereocenters. The van der Waals surface area contributed by atoms with Crippen LogP contribution in [-0.2, 0) is 7.05 Å². The molecule has 0 bridgehead atoms. The van der Waals surface area contributed by atoms with Gasteiger partial charge in [-0.15, -0.1) is 0 Å². The highest BCUT2D eigenvalue weighted by Gasteiger charge is 2.20. The van der Waals surface area contributed by atoms with Gasteiger partial charge in [-0.1, -0.05) is 41.9 Å². The summed E-state index contributed by atoms with van der Waals surface area (Å²) in [7, 11) is 1.69. The summed E-state index contributed by atoms with van der Waals surface area (Å²) in [6.07, 6.45) is 3.37. The van der Waals surface area contributed by atoms with Gasteiger partial charge in [0, 0.05) is 36.1 Å². The minimum atomic E-state index is -1.20. The summed E-state index contributed by atoms with van der Waals surface area (Å²) in [5.74, 6) is -0.0934. The Labute approximate surface area is 222 Å². The molecule has 0 aliphatic rings. The fourth-order valence-corrected chi connectivity index (χ4v) is 4.53. The standard InChI is InChI=1S/C28H23ClN6O3/c1-15-13-19(16(2)32-21-9-10-22(29)33-24(21)28(37)38)23-20(14-15)27(36)35(3)26(34-23)18-7-5-17(6-8-18)25-30-11-4-12-31-25/h4-14,16,32H,1-3H3,(H,37,38)/t16-/m1/s1. The number of hydrogen-bond donors (Lipinski definition) is 2. The maximum Gasteiger partial charge on any atom is 0.356 e. The maximum atomic E-state index is 13.5. The number of fused-ring (bicyclic) bond motifs is 1. The van der Waals surface area contributed by atoms with E-state index in [0.717, 1.165) is 22.3 Å². The molecule has 0 fully saturated rings. The lowest BCUT2D eigenvalue weighted by atomic mass is 10.0. The average Bonchev–Trinajstić information content (AvgIpc) is 2.92. The number of aromatic nitrogens is 5. The van der Waals surface area contributed by atoms with Gasteiger partial charge in [-0.25, -0.2) is 24.7 Å². The van der Waals surface area contributed by atoms with Crippen molar-refractivity contribution < 1.29 is 9.90 Å². The van der Waals surface area contributed by atoms with Crippen molar-refractivity contribution in [3.8, 4) is 22.8 Å². The molecule has 10 heteroatoms. The zero-order chi connectivity index (χ0) is 27.0. The van der Waals surface area contributed by atoms with Gasteiger partial charge in [-0.3, -0.25) is 9.36 Å². The predicted octanol–water partition coefficient (Wildman–Crippen LogP) is 5.29. The smallest absolute Gasteiger partial charge is 0.356 e. The zero-order valence-corrected chi connectivity index (χ0v) is 21.6. The van der Waals surface area contributed by atoms with Crippen LogP contribution in [-0.4, -0.2) is 35.6 Å². The number of aryl methyl sites for hydroxylation is 1. The first-order valence-electron chi connectivity index (χ1n) is 11.8. The molecule has 0 saturated carbocycles. The van der Waals surface area contributed by atoms with E-state index >= 15 is 0 Å². The molecule has 0 unspecified atom stereocenters. The Balaban J connectivity index is 1.60. The number of halogens is 1. The molecule has 0 aliphatic carbocycles. The SMILES string of the molecule is Cc1cc([C@@H](C)Nc2ccc(Cl)nc2C(=O)O)c2nc(-c3ccc(-c4ncccn4)cc3)n(C)c(=O)c2c1. The van der Waals surface area contributed by atoms with Gasteiger partial charge >= 0.3 is 5.97 Å². The molecule has 0 radical (unpaired) electrons. The van der Waals surface area contributed by atoms with Crippen LogP contribution in [0.15, 0.2) is 71.8 Å². The third-order valence-electron chi connectivity index (χ3n) is 6.22. The number of hydrogen-bond acceptors (Lipinski definition) is 7. The van der Waals surface area contributed by atoms with Crippen LogP contribution in [0.2, 0.25) is 5.15 Å². The van der Waals surface area contributed by atoms with E-state index in [-0.39, 0.29) is 16.4 Å². The van der Waals surface area contributed by atoms with Crippen LogP contribution >= 0.6 is 11.6 Å². The van der Waals surface area contributed by atoms with E-state index in [0.29, 0.717) is 28.2 Å². The van der Waals surface area contributed by atoms with Gasteiger partial charge in [-0.05, 0) is 43.7 Å². The fraction of sp³-hybridized carbons (Fsp3) is 0.143. The highest BCUT2D eigenvalue weighted by Crippen LogP contribution is 2.30. The Hall–Kier alpha value is -4.63. The third-order valence-corrected chi connectivity index (χ3v) is 6.43. The average molecular weight is 527 g/mol. The molecule has 190 valence electrons. The molecule has 2 aromatic carbocycles. The predicted molar refractivity (Wildman–Crippen MR) is 146 cm³/mol. The third kappa shape index (κ3) is 4.71. The summed E-state index contributed by atoms with van der Waals surface area (Å²) in [5.41, 5.74) is 3.71. The van der Waals surface area contributed by atoms with Crippen molar-refractivity contribution in [2.45, 2.75) is 19.9 Å². The summed E-state index contributed by atoms with van der Waals surface area (Å²) in [5, 5.41) is 13.4. The molecule has 2 N–H and O–H groups in total. The van der Waals surface area contributed by atoms with Crippen molar-refractivity contribution in [3.05, 3.63) is 99.3 Å². The lowest BCUT2D eigenvalue weighted by Gasteiger charge is -2.20. The Kier molecular flexibility index (Phi) is 6.61. The Bertz CT molecular complexity index is 1740. The van der Waals surface area contributed by atoms with Crippen molar-refractivity contribution in [3.63, 3.8) is 0 Å². The monoisotopic (exact) mass is 526 g/mol. The molecule has 0 amide bonds. The maximum absolute atomic E-state index is 13.5. The van der Waals surface area contributed by atoms with Crippen LogP contribution in [0.25, 0.3) is 33.7 Å². The normalized spacial score (nSPS) is 11.9. The van der Waals surface area contributed by atoms with Gasteiger partial charge in [0.05, 0.1) is 22.6 Å². The van der Waals surface area contributed by atoms with E-state index in [1.54, 1.807) is 31.6 Å². The number of aromatic carboxylic acids is 1. The van der Waals surface area contributed by atoms with Gasteiger partial charge in [0.1, 0.15) is 11.0 Å². The molecular weight excluding hydrogens is 504 g/mol. The number of carboxylic acids is 1. The highest BCUT2D eigenvalue weighted by molar-refractivity contribution is 6.29. The second-order valence-corrected chi connectivity index (χ2v) is 9.29. The number of pyridine rings is 1. The molecule has 5 rings (SSSR count). The van der Waals surface area contributed by atoms with Gasteiger partial charge in [0.2, 0.25) is 0 Å². The van der Waals surface area contributed by atoms with Crippen LogP contribution in [0, 0.1) is 6.92 Å². The van der Waals surface area contributed by atoms with Crippen molar-refractivity contribution >= 4 is 34.2 Å². The largest absolute Gasteiger partial charge is 0.476 e. The van der Waals surface area contributed by atoms with Crippen molar-refractivity contribution in [2.24, 2.45) is 7.05 Å². The number of benzene rings is 2. The number of nitrogens with one attached hydrogen (secondary N) is 1. The quantitative estimate of drug-likeness (QED) is 0.286. The minimum Gasteiger partial charge on any atom is -0.476 e. The Morgan fingerprint density at radius 3 is 2.39 bits per heavy atom. The summed E-state index contributed by atoms with van der Waals surface area (Å²) >= 11 is 5.91. The van der Waals surface area contributed by atoms with Gasteiger partial charge in [-0.2, -0.15) is 0 Å². The first kappa shape index (κ1) is 25.0. The summed E-state index contributed by atoms with van der Waals surface area (Å²) < 4.78 is 1.53. The Morgan fingerprint density at radius 1 is 1.03 bits per heavy atom. The molecule has 3 heterocycles. The van der Waals surface area contributed by atoms with E-state index in [2.05, 4.69) is 20.3 Å². The van der Waals surface area contributed by atoms with Gasteiger partial charge in [0.15, 0.2) is 11.5 Å². The van der Waals surface area contributed by atoms with Gasteiger partial charge in [0.25, 0.3) is 5.56 Å². The number of nitrogens with zero attached hydrogens (tertiary/aromatic N) is 5. The lowest BCUT2D eigenvalue weighted by molar-refractivity contribution is 0.0691. The minimum absolute atomic E-state index is 0.0845. The van der Waals surface area contributed by atoms with E-state index in [1.165, 1.54) is 10.6 Å². The first-order valence-corrected chi connectivity index (χ1v) is 12.2. The number of carbonyl (C=O) groups is 1. The number of carboxylic acid groups (broad SMARTS) is 1. The number of anilines is 1. The molecule has 38 heavy (non-hydrogen) atoms. The molecule has 9 nitrogen and oxygen atoms in total. The summed E-state index contributed by atoms with van der Waals surface area (Å²) in [4.78, 5) is 42.6. The van der Waals surface area contributed by atoms with E-state index in [9.17, 15) is 14.7 Å². The van der Waals surface area contributed by atoms with Crippen molar-refractivity contribution in [2.75, 3.05) is 5.32 Å². The van der Waals surface area contributed by atoms with Crippen LogP contribution in [0.1, 0.15) is 34.6 Å². The van der Waals surface area contributed by atoms with Crippen LogP contribution in [0.4, 0.5) is 5.69 Å². The lowest BCUT2D eigenvalue weighted by Crippen LogP contribution is -2.22. The molecule has 0 aliphatic heterocycles. The van der Waals surface area contributed by atoms with E-state index in [1.807, 2.05) is 50.2 Å². The van der Waals surface area contributed by atoms with E-state index < -0.39 is 12.0 Å². The van der Waals surface area contributed by atoms with Crippen molar-refractivity contribution in [1.82, 2.24) is 24.5 Å². The molecule has 0 spiro atoms. The Morgan fingerprint density at radius 2 is 1.71 bits per heavy atom. The van der Waals surface area contributed by atoms with Crippen LogP contribution < -0.4 is 10.9 Å². The second kappa shape index (κ2) is 10.0. The van der Waals surface area contributed by atoms with Gasteiger partial charge < -0.3 is 10.4 Å². The zero-order valence-electron chi connectivity index (χ0n) is 20.8. The van der Waals surface area contributed by atoms with Crippen molar-refractivity contribution in [1.29, 1.82) is 0 Å². The van der Waals surface area contributed by atoms with Crippen LogP contribution in [0.3, 0.4) is 0 Å².